The van der Waals surface area contributed by atoms with Gasteiger partial charge in [0.2, 0.25) is 5.91 Å². The molecule has 3 aromatic rings. The minimum absolute atomic E-state index is 0.00273. The van der Waals surface area contributed by atoms with Gasteiger partial charge in [0.25, 0.3) is 0 Å². The Morgan fingerprint density at radius 1 is 1.05 bits per heavy atom. The fraction of sp³-hybridized carbons (Fsp3) is 0.545. The van der Waals surface area contributed by atoms with E-state index in [0.717, 1.165) is 30.5 Å². The molecule has 39 heavy (non-hydrogen) atoms. The Bertz CT molecular complexity index is 1160. The summed E-state index contributed by atoms with van der Waals surface area (Å²) in [6.07, 6.45) is 7.65. The van der Waals surface area contributed by atoms with Crippen LogP contribution in [0.3, 0.4) is 0 Å². The Morgan fingerprint density at radius 3 is 2.38 bits per heavy atom. The van der Waals surface area contributed by atoms with Crippen LogP contribution in [-0.2, 0) is 15.6 Å². The van der Waals surface area contributed by atoms with Crippen molar-refractivity contribution >= 4 is 25.1 Å². The summed E-state index contributed by atoms with van der Waals surface area (Å²) in [4.78, 5) is 17.1. The lowest BCUT2D eigenvalue weighted by molar-refractivity contribution is -0.123. The molecule has 1 unspecified atom stereocenters. The molecule has 0 aliphatic heterocycles. The summed E-state index contributed by atoms with van der Waals surface area (Å²) >= 11 is 0. The SMILES string of the molecule is CC(C)(C)[Si](C)(C)O[C@@H](CCC(=O)NC(c1cc2ccccc2[nH]1)C1CCCCC1)[C@@H](N)Cc1ccccc1. The maximum Gasteiger partial charge on any atom is 0.220 e. The zero-order valence-electron chi connectivity index (χ0n) is 24.6. The van der Waals surface area contributed by atoms with E-state index in [-0.39, 0.29) is 29.1 Å². The molecular formula is C33H49N3O2Si. The maximum atomic E-state index is 13.5. The van der Waals surface area contributed by atoms with Gasteiger partial charge in [0.1, 0.15) is 0 Å². The van der Waals surface area contributed by atoms with Gasteiger partial charge in [-0.2, -0.15) is 0 Å². The van der Waals surface area contributed by atoms with Crippen molar-refractivity contribution in [2.24, 2.45) is 11.7 Å². The van der Waals surface area contributed by atoms with Crippen LogP contribution in [0.2, 0.25) is 18.1 Å². The number of nitrogens with two attached hydrogens (primary N) is 1. The molecule has 0 bridgehead atoms. The van der Waals surface area contributed by atoms with Crippen molar-refractivity contribution in [2.45, 2.75) is 108 Å². The van der Waals surface area contributed by atoms with Crippen molar-refractivity contribution < 1.29 is 9.22 Å². The first-order valence-corrected chi connectivity index (χ1v) is 17.8. The standard InChI is InChI=1S/C33H49N3O2Si/c1-33(2,3)39(4,5)38-30(27(34)22-24-14-8-6-9-15-24)20-21-31(37)36-32(25-16-10-7-11-17-25)29-23-26-18-12-13-19-28(26)35-29/h6,8-9,12-15,18-19,23,25,27,30,32,35H,7,10-11,16-17,20-22,34H2,1-5H3,(H,36,37)/t27-,30-,32?/m0/s1. The van der Waals surface area contributed by atoms with Crippen LogP contribution in [0.25, 0.3) is 10.9 Å². The zero-order valence-corrected chi connectivity index (χ0v) is 25.6. The molecule has 3 atom stereocenters. The van der Waals surface area contributed by atoms with E-state index in [1.165, 1.54) is 30.2 Å². The number of carbonyl (C=O) groups excluding carboxylic acids is 1. The first-order valence-electron chi connectivity index (χ1n) is 14.9. The minimum Gasteiger partial charge on any atom is -0.412 e. The van der Waals surface area contributed by atoms with E-state index in [4.69, 9.17) is 10.2 Å². The number of rotatable bonds is 11. The minimum atomic E-state index is -2.07. The Balaban J connectivity index is 1.48. The summed E-state index contributed by atoms with van der Waals surface area (Å²) in [5, 5.41) is 4.71. The smallest absolute Gasteiger partial charge is 0.220 e. The monoisotopic (exact) mass is 547 g/mol. The number of para-hydroxylation sites is 1. The quantitative estimate of drug-likeness (QED) is 0.216. The number of carbonyl (C=O) groups is 1. The van der Waals surface area contributed by atoms with E-state index in [9.17, 15) is 4.79 Å². The van der Waals surface area contributed by atoms with Crippen molar-refractivity contribution in [3.8, 4) is 0 Å². The third-order valence-electron chi connectivity index (χ3n) is 9.02. The van der Waals surface area contributed by atoms with E-state index in [1.54, 1.807) is 0 Å². The van der Waals surface area contributed by atoms with Gasteiger partial charge in [-0.05, 0) is 72.8 Å². The normalized spacial score (nSPS) is 17.6. The fourth-order valence-electron chi connectivity index (χ4n) is 5.63. The van der Waals surface area contributed by atoms with Gasteiger partial charge in [0, 0.05) is 23.7 Å². The van der Waals surface area contributed by atoms with Crippen LogP contribution in [-0.4, -0.2) is 31.4 Å². The van der Waals surface area contributed by atoms with Gasteiger partial charge in [-0.15, -0.1) is 0 Å². The number of nitrogens with one attached hydrogen (secondary N) is 2. The van der Waals surface area contributed by atoms with Gasteiger partial charge in [-0.1, -0.05) is 88.6 Å². The Hall–Kier alpha value is -2.41. The highest BCUT2D eigenvalue weighted by atomic mass is 28.4. The number of fused-ring (bicyclic) bond motifs is 1. The number of aromatic nitrogens is 1. The summed E-state index contributed by atoms with van der Waals surface area (Å²) in [7, 11) is -2.07. The highest BCUT2D eigenvalue weighted by Crippen LogP contribution is 2.39. The van der Waals surface area contributed by atoms with Gasteiger partial charge in [0.15, 0.2) is 8.32 Å². The van der Waals surface area contributed by atoms with E-state index in [2.05, 4.69) is 98.8 Å². The third-order valence-corrected chi connectivity index (χ3v) is 13.5. The van der Waals surface area contributed by atoms with E-state index in [1.807, 2.05) is 6.07 Å². The summed E-state index contributed by atoms with van der Waals surface area (Å²) in [6.45, 7) is 11.3. The predicted octanol–water partition coefficient (Wildman–Crippen LogP) is 7.65. The van der Waals surface area contributed by atoms with Crippen molar-refractivity contribution in [1.29, 1.82) is 0 Å². The van der Waals surface area contributed by atoms with Gasteiger partial charge in [0.05, 0.1) is 12.1 Å². The predicted molar refractivity (Wildman–Crippen MR) is 165 cm³/mol. The molecule has 5 nitrogen and oxygen atoms in total. The highest BCUT2D eigenvalue weighted by molar-refractivity contribution is 6.74. The molecule has 1 aliphatic rings. The molecule has 2 aromatic carbocycles. The Morgan fingerprint density at radius 2 is 1.72 bits per heavy atom. The average molecular weight is 548 g/mol. The Kier molecular flexibility index (Phi) is 9.73. The molecule has 1 saturated carbocycles. The molecule has 1 aromatic heterocycles. The van der Waals surface area contributed by atoms with Crippen molar-refractivity contribution in [1.82, 2.24) is 10.3 Å². The fourth-order valence-corrected chi connectivity index (χ4v) is 7.04. The second-order valence-corrected chi connectivity index (χ2v) is 17.8. The molecule has 1 heterocycles. The number of hydrogen-bond donors (Lipinski definition) is 3. The van der Waals surface area contributed by atoms with Crippen LogP contribution in [0.15, 0.2) is 60.7 Å². The molecule has 1 amide bonds. The Labute approximate surface area is 236 Å². The molecule has 0 spiro atoms. The van der Waals surface area contributed by atoms with Crippen molar-refractivity contribution in [2.75, 3.05) is 0 Å². The maximum absolute atomic E-state index is 13.5. The number of aromatic amines is 1. The molecule has 212 valence electrons. The zero-order chi connectivity index (χ0) is 28.0. The molecule has 4 N–H and O–H groups in total. The molecule has 0 saturated heterocycles. The molecule has 1 fully saturated rings. The third kappa shape index (κ3) is 7.83. The largest absolute Gasteiger partial charge is 0.412 e. The summed E-state index contributed by atoms with van der Waals surface area (Å²) < 4.78 is 6.86. The number of amides is 1. The van der Waals surface area contributed by atoms with Gasteiger partial charge < -0.3 is 20.5 Å². The molecular weight excluding hydrogens is 498 g/mol. The van der Waals surface area contributed by atoms with E-state index in [0.29, 0.717) is 18.8 Å². The van der Waals surface area contributed by atoms with Crippen LogP contribution in [0.4, 0.5) is 0 Å². The molecule has 0 radical (unpaired) electrons. The van der Waals surface area contributed by atoms with Gasteiger partial charge >= 0.3 is 0 Å². The lowest BCUT2D eigenvalue weighted by atomic mass is 9.82. The van der Waals surface area contributed by atoms with Crippen LogP contribution in [0, 0.1) is 5.92 Å². The van der Waals surface area contributed by atoms with Crippen molar-refractivity contribution in [3.05, 3.63) is 71.9 Å². The molecule has 1 aliphatic carbocycles. The summed E-state index contributed by atoms with van der Waals surface area (Å²) in [6, 6.07) is 20.8. The van der Waals surface area contributed by atoms with Gasteiger partial charge in [-0.25, -0.2) is 0 Å². The lowest BCUT2D eigenvalue weighted by Gasteiger charge is -2.41. The summed E-state index contributed by atoms with van der Waals surface area (Å²) in [5.41, 5.74) is 10.2. The first-order chi connectivity index (χ1) is 18.5. The van der Waals surface area contributed by atoms with Gasteiger partial charge in [-0.3, -0.25) is 4.79 Å². The first kappa shape index (κ1) is 29.6. The molecule has 6 heteroatoms. The van der Waals surface area contributed by atoms with E-state index >= 15 is 0 Å². The second kappa shape index (κ2) is 12.8. The number of hydrogen-bond acceptors (Lipinski definition) is 3. The lowest BCUT2D eigenvalue weighted by Crippen LogP contribution is -2.50. The summed E-state index contributed by atoms with van der Waals surface area (Å²) in [5.74, 6) is 0.537. The van der Waals surface area contributed by atoms with Crippen LogP contribution in [0.5, 0.6) is 0 Å². The molecule has 4 rings (SSSR count). The van der Waals surface area contributed by atoms with E-state index < -0.39 is 8.32 Å². The second-order valence-electron chi connectivity index (χ2n) is 13.1. The topological polar surface area (TPSA) is 80.1 Å². The number of benzene rings is 2. The van der Waals surface area contributed by atoms with Crippen LogP contribution < -0.4 is 11.1 Å². The average Bonchev–Trinajstić information content (AvgIpc) is 3.34. The highest BCUT2D eigenvalue weighted by Gasteiger charge is 2.40. The van der Waals surface area contributed by atoms with Crippen molar-refractivity contribution in [3.63, 3.8) is 0 Å². The van der Waals surface area contributed by atoms with Crippen LogP contribution >= 0.6 is 0 Å². The van der Waals surface area contributed by atoms with Crippen LogP contribution in [0.1, 0.15) is 83.0 Å². The number of H-pyrrole nitrogens is 1.